The highest BCUT2D eigenvalue weighted by Gasteiger charge is 2.17. The fraction of sp³-hybridized carbons (Fsp3) is 0.353. The summed E-state index contributed by atoms with van der Waals surface area (Å²) in [5.74, 6) is 0.755. The Bertz CT molecular complexity index is 537. The van der Waals surface area contributed by atoms with Gasteiger partial charge in [0.25, 0.3) is 0 Å². The molecule has 1 unspecified atom stereocenters. The Labute approximate surface area is 127 Å². The van der Waals surface area contributed by atoms with E-state index in [-0.39, 0.29) is 0 Å². The van der Waals surface area contributed by atoms with E-state index in [1.807, 2.05) is 18.2 Å². The number of aromatic nitrogens is 1. The maximum Gasteiger partial charge on any atom is 0.149 e. The van der Waals surface area contributed by atoms with Gasteiger partial charge >= 0.3 is 0 Å². The van der Waals surface area contributed by atoms with Crippen molar-refractivity contribution in [2.24, 2.45) is 0 Å². The molecule has 0 spiro atoms. The number of nitrogens with zero attached hydrogens (tertiary/aromatic N) is 2. The van der Waals surface area contributed by atoms with Gasteiger partial charge in [-0.25, -0.2) is 4.98 Å². The van der Waals surface area contributed by atoms with E-state index in [4.69, 9.17) is 5.73 Å². The van der Waals surface area contributed by atoms with Crippen LogP contribution in [0.1, 0.15) is 25.5 Å². The highest BCUT2D eigenvalue weighted by Crippen LogP contribution is 2.22. The van der Waals surface area contributed by atoms with Gasteiger partial charge in [0.1, 0.15) is 5.82 Å². The van der Waals surface area contributed by atoms with Crippen molar-refractivity contribution in [2.45, 2.75) is 19.9 Å². The van der Waals surface area contributed by atoms with Gasteiger partial charge in [-0.2, -0.15) is 0 Å². The number of anilines is 2. The Hall–Kier alpha value is -2.07. The van der Waals surface area contributed by atoms with Crippen LogP contribution in [0.2, 0.25) is 0 Å². The summed E-state index contributed by atoms with van der Waals surface area (Å²) in [4.78, 5) is 6.73. The molecule has 0 radical (unpaired) electrons. The van der Waals surface area contributed by atoms with Crippen LogP contribution in [0.4, 0.5) is 11.5 Å². The Balaban J connectivity index is 2.15. The van der Waals surface area contributed by atoms with E-state index in [1.54, 1.807) is 6.20 Å². The first-order chi connectivity index (χ1) is 10.3. The van der Waals surface area contributed by atoms with Crippen molar-refractivity contribution in [1.82, 2.24) is 9.88 Å². The second-order valence-corrected chi connectivity index (χ2v) is 4.97. The molecule has 1 atom stereocenters. The average Bonchev–Trinajstić information content (AvgIpc) is 2.54. The minimum atomic E-state index is 0.308. The molecule has 0 amide bonds. The molecule has 0 aliphatic heterocycles. The number of likely N-dealkylation sites (N-methyl/N-ethyl adjacent to an activating group) is 1. The van der Waals surface area contributed by atoms with Gasteiger partial charge in [-0.1, -0.05) is 44.2 Å². The molecular weight excluding hydrogens is 260 g/mol. The van der Waals surface area contributed by atoms with Gasteiger partial charge in [0.15, 0.2) is 0 Å². The van der Waals surface area contributed by atoms with Gasteiger partial charge in [-0.15, -0.1) is 0 Å². The lowest BCUT2D eigenvalue weighted by molar-refractivity contribution is 0.228. The highest BCUT2D eigenvalue weighted by atomic mass is 15.2. The minimum Gasteiger partial charge on any atom is -0.396 e. The molecule has 1 aromatic heterocycles. The van der Waals surface area contributed by atoms with E-state index in [0.29, 0.717) is 11.7 Å². The van der Waals surface area contributed by atoms with Crippen LogP contribution in [-0.4, -0.2) is 29.5 Å². The minimum absolute atomic E-state index is 0.308. The smallest absolute Gasteiger partial charge is 0.149 e. The molecule has 21 heavy (non-hydrogen) atoms. The van der Waals surface area contributed by atoms with E-state index in [0.717, 1.165) is 25.5 Å². The summed E-state index contributed by atoms with van der Waals surface area (Å²) in [7, 11) is 0. The zero-order valence-electron chi connectivity index (χ0n) is 12.8. The molecule has 4 heteroatoms. The number of hydrogen-bond donors (Lipinski definition) is 2. The van der Waals surface area contributed by atoms with Crippen LogP contribution in [0.5, 0.6) is 0 Å². The lowest BCUT2D eigenvalue weighted by Gasteiger charge is -2.30. The van der Waals surface area contributed by atoms with Gasteiger partial charge in [0, 0.05) is 12.7 Å². The molecule has 3 N–H and O–H groups in total. The first kappa shape index (κ1) is 15.3. The number of nitrogen functional groups attached to an aromatic ring is 1. The van der Waals surface area contributed by atoms with Gasteiger partial charge in [-0.3, -0.25) is 4.90 Å². The molecule has 1 heterocycles. The number of hydrogen-bond acceptors (Lipinski definition) is 4. The number of benzene rings is 1. The number of nitrogens with one attached hydrogen (secondary N) is 1. The first-order valence-corrected chi connectivity index (χ1v) is 7.49. The zero-order chi connectivity index (χ0) is 15.1. The summed E-state index contributed by atoms with van der Waals surface area (Å²) in [6.45, 7) is 7.18. The summed E-state index contributed by atoms with van der Waals surface area (Å²) < 4.78 is 0. The normalized spacial score (nSPS) is 12.3. The molecule has 4 nitrogen and oxygen atoms in total. The van der Waals surface area contributed by atoms with Crippen LogP contribution in [0.3, 0.4) is 0 Å². The number of pyridine rings is 1. The quantitative estimate of drug-likeness (QED) is 0.820. The fourth-order valence-electron chi connectivity index (χ4n) is 2.56. The molecule has 0 saturated carbocycles. The van der Waals surface area contributed by atoms with Gasteiger partial charge in [-0.05, 0) is 30.8 Å². The van der Waals surface area contributed by atoms with Crippen LogP contribution < -0.4 is 11.1 Å². The SMILES string of the molecule is CCN(CC)C(CNc1ncccc1N)c1ccccc1. The van der Waals surface area contributed by atoms with E-state index in [1.165, 1.54) is 5.56 Å². The molecule has 2 aromatic rings. The van der Waals surface area contributed by atoms with Crippen molar-refractivity contribution in [3.05, 3.63) is 54.2 Å². The number of nitrogens with two attached hydrogens (primary N) is 1. The molecule has 0 fully saturated rings. The summed E-state index contributed by atoms with van der Waals surface area (Å²) in [5.41, 5.74) is 7.94. The Kier molecular flexibility index (Phi) is 5.58. The molecule has 0 bridgehead atoms. The van der Waals surface area contributed by atoms with Gasteiger partial charge < -0.3 is 11.1 Å². The van der Waals surface area contributed by atoms with Crippen molar-refractivity contribution >= 4 is 11.5 Å². The summed E-state index contributed by atoms with van der Waals surface area (Å²) in [6, 6.07) is 14.6. The monoisotopic (exact) mass is 284 g/mol. The average molecular weight is 284 g/mol. The Morgan fingerprint density at radius 2 is 1.81 bits per heavy atom. The van der Waals surface area contributed by atoms with Crippen LogP contribution in [0.15, 0.2) is 48.7 Å². The van der Waals surface area contributed by atoms with Crippen molar-refractivity contribution < 1.29 is 0 Å². The van der Waals surface area contributed by atoms with Crippen molar-refractivity contribution in [1.29, 1.82) is 0 Å². The van der Waals surface area contributed by atoms with Crippen LogP contribution in [0.25, 0.3) is 0 Å². The highest BCUT2D eigenvalue weighted by molar-refractivity contribution is 5.60. The third kappa shape index (κ3) is 3.95. The van der Waals surface area contributed by atoms with Crippen molar-refractivity contribution in [2.75, 3.05) is 30.7 Å². The van der Waals surface area contributed by atoms with Crippen molar-refractivity contribution in [3.63, 3.8) is 0 Å². The number of rotatable bonds is 7. The maximum absolute atomic E-state index is 5.95. The summed E-state index contributed by atoms with van der Waals surface area (Å²) >= 11 is 0. The fourth-order valence-corrected chi connectivity index (χ4v) is 2.56. The van der Waals surface area contributed by atoms with E-state index >= 15 is 0 Å². The largest absolute Gasteiger partial charge is 0.396 e. The molecular formula is C17H24N4. The maximum atomic E-state index is 5.95. The van der Waals surface area contributed by atoms with E-state index in [2.05, 4.69) is 53.3 Å². The van der Waals surface area contributed by atoms with E-state index in [9.17, 15) is 0 Å². The molecule has 2 rings (SSSR count). The molecule has 1 aromatic carbocycles. The predicted octanol–water partition coefficient (Wildman–Crippen LogP) is 3.16. The van der Waals surface area contributed by atoms with Gasteiger partial charge in [0.2, 0.25) is 0 Å². The Morgan fingerprint density at radius 1 is 1.10 bits per heavy atom. The van der Waals surface area contributed by atoms with Crippen LogP contribution in [-0.2, 0) is 0 Å². The third-order valence-corrected chi connectivity index (χ3v) is 3.74. The second kappa shape index (κ2) is 7.64. The lowest BCUT2D eigenvalue weighted by Crippen LogP contribution is -2.33. The standard InChI is InChI=1S/C17H24N4/c1-3-21(4-2)16(14-9-6-5-7-10-14)13-20-17-15(18)11-8-12-19-17/h5-12,16H,3-4,13,18H2,1-2H3,(H,19,20). The predicted molar refractivity (Wildman–Crippen MR) is 89.2 cm³/mol. The summed E-state index contributed by atoms with van der Waals surface area (Å²) in [5, 5.41) is 3.38. The van der Waals surface area contributed by atoms with Gasteiger partial charge in [0.05, 0.1) is 11.7 Å². The third-order valence-electron chi connectivity index (χ3n) is 3.74. The first-order valence-electron chi connectivity index (χ1n) is 7.49. The second-order valence-electron chi connectivity index (χ2n) is 4.97. The van der Waals surface area contributed by atoms with Crippen molar-refractivity contribution in [3.8, 4) is 0 Å². The van der Waals surface area contributed by atoms with Crippen LogP contribution in [0, 0.1) is 0 Å². The molecule has 0 saturated heterocycles. The zero-order valence-corrected chi connectivity index (χ0v) is 12.8. The topological polar surface area (TPSA) is 54.2 Å². The Morgan fingerprint density at radius 3 is 2.43 bits per heavy atom. The van der Waals surface area contributed by atoms with E-state index < -0.39 is 0 Å². The lowest BCUT2D eigenvalue weighted by atomic mass is 10.1. The molecule has 0 aliphatic carbocycles. The van der Waals surface area contributed by atoms with Crippen LogP contribution >= 0.6 is 0 Å². The summed E-state index contributed by atoms with van der Waals surface area (Å²) in [6.07, 6.45) is 1.76. The molecule has 112 valence electrons. The molecule has 0 aliphatic rings.